The van der Waals surface area contributed by atoms with E-state index in [1.807, 2.05) is 0 Å². The molecule has 0 aliphatic carbocycles. The molecule has 0 amide bonds. The second kappa shape index (κ2) is 19.0. The van der Waals surface area contributed by atoms with Crippen LogP contribution in [0.2, 0.25) is 0 Å². The van der Waals surface area contributed by atoms with Gasteiger partial charge in [0.25, 0.3) is 0 Å². The molecule has 192 valence electrons. The summed E-state index contributed by atoms with van der Waals surface area (Å²) in [5, 5.41) is 38.8. The van der Waals surface area contributed by atoms with Gasteiger partial charge in [-0.3, -0.25) is 0 Å². The largest absolute Gasteiger partial charge is 0.394 e. The molecule has 0 radical (unpaired) electrons. The maximum atomic E-state index is 10.0. The Hall–Kier alpha value is -0.320. The van der Waals surface area contributed by atoms with Gasteiger partial charge >= 0.3 is 0 Å². The molecule has 0 saturated carbocycles. The molecule has 4 N–H and O–H groups in total. The minimum atomic E-state index is -1.45. The van der Waals surface area contributed by atoms with Gasteiger partial charge in [0.1, 0.15) is 30.5 Å². The summed E-state index contributed by atoms with van der Waals surface area (Å²) in [6.45, 7) is 2.88. The number of methoxy groups -OCH3 is 1. The highest BCUT2D eigenvalue weighted by atomic mass is 16.7. The van der Waals surface area contributed by atoms with E-state index >= 15 is 0 Å². The normalized spacial score (nSPS) is 27.0. The molecular formula is C24H48O8. The summed E-state index contributed by atoms with van der Waals surface area (Å²) in [5.41, 5.74) is 0. The lowest BCUT2D eigenvalue weighted by molar-refractivity contribution is -0.305. The van der Waals surface area contributed by atoms with Crippen LogP contribution >= 0.6 is 0 Å². The molecule has 0 aromatic rings. The molecular weight excluding hydrogens is 416 g/mol. The van der Waals surface area contributed by atoms with E-state index < -0.39 is 37.3 Å². The maximum absolute atomic E-state index is 10.0. The fraction of sp³-hybridized carbons (Fsp3) is 1.00. The highest BCUT2D eigenvalue weighted by Crippen LogP contribution is 2.22. The summed E-state index contributed by atoms with van der Waals surface area (Å²) in [5.74, 6) is 0. The Morgan fingerprint density at radius 1 is 0.750 bits per heavy atom. The number of rotatable bonds is 20. The van der Waals surface area contributed by atoms with Gasteiger partial charge in [0, 0.05) is 13.7 Å². The van der Waals surface area contributed by atoms with E-state index in [1.54, 1.807) is 7.11 Å². The molecule has 1 heterocycles. The van der Waals surface area contributed by atoms with Crippen molar-refractivity contribution in [3.63, 3.8) is 0 Å². The monoisotopic (exact) mass is 464 g/mol. The molecule has 1 fully saturated rings. The van der Waals surface area contributed by atoms with Crippen LogP contribution in [0.1, 0.15) is 84.0 Å². The van der Waals surface area contributed by atoms with Crippen LogP contribution in [0.5, 0.6) is 0 Å². The molecule has 1 aliphatic heterocycles. The van der Waals surface area contributed by atoms with Crippen LogP contribution < -0.4 is 0 Å². The van der Waals surface area contributed by atoms with Crippen molar-refractivity contribution in [3.8, 4) is 0 Å². The van der Waals surface area contributed by atoms with Gasteiger partial charge in [-0.05, 0) is 6.42 Å². The van der Waals surface area contributed by atoms with Crippen molar-refractivity contribution in [2.75, 3.05) is 33.5 Å². The predicted octanol–water partition coefficient (Wildman–Crippen LogP) is 2.54. The van der Waals surface area contributed by atoms with Crippen LogP contribution in [0.4, 0.5) is 0 Å². The average Bonchev–Trinajstić information content (AvgIpc) is 2.80. The van der Waals surface area contributed by atoms with E-state index in [-0.39, 0.29) is 12.7 Å². The fourth-order valence-corrected chi connectivity index (χ4v) is 3.85. The summed E-state index contributed by atoms with van der Waals surface area (Å²) in [7, 11) is 1.55. The molecule has 6 atom stereocenters. The smallest absolute Gasteiger partial charge is 0.186 e. The second-order valence-corrected chi connectivity index (χ2v) is 8.85. The van der Waals surface area contributed by atoms with Gasteiger partial charge in [-0.25, -0.2) is 0 Å². The van der Waals surface area contributed by atoms with Crippen LogP contribution in [0, 0.1) is 0 Å². The summed E-state index contributed by atoms with van der Waals surface area (Å²) in [6, 6.07) is 0. The van der Waals surface area contributed by atoms with Crippen LogP contribution in [-0.2, 0) is 18.9 Å². The molecule has 0 bridgehead atoms. The minimum absolute atomic E-state index is 0.0949. The molecule has 1 rings (SSSR count). The number of hydrogen-bond acceptors (Lipinski definition) is 8. The van der Waals surface area contributed by atoms with Crippen LogP contribution in [0.25, 0.3) is 0 Å². The van der Waals surface area contributed by atoms with Crippen LogP contribution in [0.15, 0.2) is 0 Å². The van der Waals surface area contributed by atoms with E-state index in [1.165, 1.54) is 64.2 Å². The molecule has 32 heavy (non-hydrogen) atoms. The Kier molecular flexibility index (Phi) is 17.7. The summed E-state index contributed by atoms with van der Waals surface area (Å²) < 4.78 is 21.9. The topological polar surface area (TPSA) is 118 Å². The molecule has 0 aromatic heterocycles. The third-order valence-corrected chi connectivity index (χ3v) is 6.07. The second-order valence-electron chi connectivity index (χ2n) is 8.85. The third-order valence-electron chi connectivity index (χ3n) is 6.07. The van der Waals surface area contributed by atoms with Gasteiger partial charge in [-0.1, -0.05) is 77.6 Å². The zero-order valence-electron chi connectivity index (χ0n) is 20.2. The molecule has 0 spiro atoms. The van der Waals surface area contributed by atoms with Gasteiger partial charge in [-0.15, -0.1) is 0 Å². The average molecular weight is 465 g/mol. The molecule has 1 aliphatic rings. The number of aliphatic hydroxyl groups is 4. The van der Waals surface area contributed by atoms with Crippen molar-refractivity contribution in [2.24, 2.45) is 0 Å². The molecule has 0 aromatic carbocycles. The number of aliphatic hydroxyl groups excluding tert-OH is 4. The van der Waals surface area contributed by atoms with Gasteiger partial charge in [0.15, 0.2) is 6.29 Å². The van der Waals surface area contributed by atoms with Crippen molar-refractivity contribution in [2.45, 2.75) is 121 Å². The van der Waals surface area contributed by atoms with E-state index in [2.05, 4.69) is 6.92 Å². The minimum Gasteiger partial charge on any atom is -0.394 e. The number of ether oxygens (including phenoxy) is 4. The summed E-state index contributed by atoms with van der Waals surface area (Å²) >= 11 is 0. The van der Waals surface area contributed by atoms with Gasteiger partial charge in [-0.2, -0.15) is 0 Å². The standard InChI is InChI=1S/C24H48O8/c1-3-4-5-6-7-8-9-10-11-12-13-14-15-30-17-19(29-2)18-31-24-23(28)22(27)21(26)20(16-25)32-24/h19-28H,3-18H2,1-2H3/t19?,20-,21-,22+,23-,24?/m1/s1. The predicted molar refractivity (Wildman–Crippen MR) is 122 cm³/mol. The highest BCUT2D eigenvalue weighted by Gasteiger charge is 2.44. The quantitative estimate of drug-likeness (QED) is 0.203. The van der Waals surface area contributed by atoms with E-state index in [4.69, 9.17) is 18.9 Å². The van der Waals surface area contributed by atoms with Gasteiger partial charge in [0.2, 0.25) is 0 Å². The Morgan fingerprint density at radius 3 is 1.84 bits per heavy atom. The molecule has 8 heteroatoms. The Labute approximate surface area is 194 Å². The zero-order chi connectivity index (χ0) is 23.6. The number of hydrogen-bond donors (Lipinski definition) is 4. The Bertz CT molecular complexity index is 423. The Balaban J connectivity index is 2.02. The lowest BCUT2D eigenvalue weighted by atomic mass is 9.99. The Morgan fingerprint density at radius 2 is 1.31 bits per heavy atom. The van der Waals surface area contributed by atoms with Crippen molar-refractivity contribution in [3.05, 3.63) is 0 Å². The summed E-state index contributed by atoms with van der Waals surface area (Å²) in [4.78, 5) is 0. The first-order valence-corrected chi connectivity index (χ1v) is 12.6. The lowest BCUT2D eigenvalue weighted by Gasteiger charge is -2.39. The maximum Gasteiger partial charge on any atom is 0.186 e. The van der Waals surface area contributed by atoms with Crippen molar-refractivity contribution in [1.29, 1.82) is 0 Å². The first kappa shape index (κ1) is 29.7. The van der Waals surface area contributed by atoms with Crippen molar-refractivity contribution >= 4 is 0 Å². The molecule has 8 nitrogen and oxygen atoms in total. The lowest BCUT2D eigenvalue weighted by Crippen LogP contribution is -2.59. The molecule has 1 saturated heterocycles. The highest BCUT2D eigenvalue weighted by molar-refractivity contribution is 4.88. The first-order valence-electron chi connectivity index (χ1n) is 12.6. The van der Waals surface area contributed by atoms with E-state index in [0.29, 0.717) is 13.2 Å². The SMILES string of the molecule is CCCCCCCCCCCCCCOCC(COC1O[C@H](CO)[C@@H](O)[C@H](O)[C@H]1O)OC. The van der Waals surface area contributed by atoms with E-state index in [0.717, 1.165) is 12.8 Å². The first-order chi connectivity index (χ1) is 15.5. The fourth-order valence-electron chi connectivity index (χ4n) is 3.85. The van der Waals surface area contributed by atoms with E-state index in [9.17, 15) is 20.4 Å². The van der Waals surface area contributed by atoms with Crippen LogP contribution in [0.3, 0.4) is 0 Å². The van der Waals surface area contributed by atoms with Crippen molar-refractivity contribution < 1.29 is 39.4 Å². The molecule has 2 unspecified atom stereocenters. The van der Waals surface area contributed by atoms with Crippen molar-refractivity contribution in [1.82, 2.24) is 0 Å². The zero-order valence-corrected chi connectivity index (χ0v) is 20.2. The van der Waals surface area contributed by atoms with Gasteiger partial charge < -0.3 is 39.4 Å². The van der Waals surface area contributed by atoms with Crippen LogP contribution in [-0.4, -0.2) is 90.8 Å². The summed E-state index contributed by atoms with van der Waals surface area (Å²) in [6.07, 6.45) is 8.87. The van der Waals surface area contributed by atoms with Gasteiger partial charge in [0.05, 0.1) is 19.8 Å². The third kappa shape index (κ3) is 12.2. The number of unbranched alkanes of at least 4 members (excludes halogenated alkanes) is 11.